The molecule has 1 aromatic heterocycles. The van der Waals surface area contributed by atoms with Crippen LogP contribution in [0, 0.1) is 0 Å². The van der Waals surface area contributed by atoms with E-state index in [1.165, 1.54) is 17.4 Å². The summed E-state index contributed by atoms with van der Waals surface area (Å²) < 4.78 is 0. The van der Waals surface area contributed by atoms with Crippen LogP contribution >= 0.6 is 34.5 Å². The Morgan fingerprint density at radius 2 is 2.04 bits per heavy atom. The van der Waals surface area contributed by atoms with E-state index in [9.17, 15) is 9.59 Å². The molecule has 5 nitrogen and oxygen atoms in total. The molecule has 3 rings (SSSR count). The fraction of sp³-hybridized carbons (Fsp3) is 0.333. The van der Waals surface area contributed by atoms with Gasteiger partial charge < -0.3 is 11.1 Å². The fourth-order valence-electron chi connectivity index (χ4n) is 3.06. The monoisotopic (exact) mass is 411 g/mol. The van der Waals surface area contributed by atoms with E-state index in [4.69, 9.17) is 28.9 Å². The van der Waals surface area contributed by atoms with Gasteiger partial charge in [0.1, 0.15) is 5.00 Å². The minimum atomic E-state index is -0.530. The Bertz CT molecular complexity index is 880. The van der Waals surface area contributed by atoms with Crippen molar-refractivity contribution in [1.29, 1.82) is 0 Å². The number of halogens is 2. The number of primary amides is 1. The Labute approximate surface area is 166 Å². The van der Waals surface area contributed by atoms with Crippen LogP contribution in [0.3, 0.4) is 0 Å². The number of carbonyl (C=O) groups is 2. The molecule has 0 unspecified atom stereocenters. The molecule has 0 fully saturated rings. The van der Waals surface area contributed by atoms with E-state index in [0.29, 0.717) is 27.2 Å². The smallest absolute Gasteiger partial charge is 0.257 e. The molecular formula is C18H19Cl2N3O2S. The standard InChI is InChI=1S/C18H19Cl2N3O2S/c1-9(2)23-6-5-12-14(8-23)26-18(15(12)16(21)24)22-17(25)11-4-3-10(19)7-13(11)20/h3-4,7,9H,5-6,8H2,1-2H3,(H2,21,24)(H,22,25). The van der Waals surface area contributed by atoms with Gasteiger partial charge in [0.25, 0.3) is 11.8 Å². The van der Waals surface area contributed by atoms with E-state index >= 15 is 0 Å². The van der Waals surface area contributed by atoms with E-state index in [2.05, 4.69) is 24.1 Å². The van der Waals surface area contributed by atoms with Gasteiger partial charge in [0.2, 0.25) is 0 Å². The third-order valence-electron chi connectivity index (χ3n) is 4.47. The van der Waals surface area contributed by atoms with Gasteiger partial charge in [0, 0.05) is 29.0 Å². The molecule has 1 aromatic carbocycles. The lowest BCUT2D eigenvalue weighted by molar-refractivity contribution is 0.0999. The number of nitrogens with one attached hydrogen (secondary N) is 1. The first-order chi connectivity index (χ1) is 12.3. The molecule has 2 heterocycles. The van der Waals surface area contributed by atoms with E-state index in [1.807, 2.05) is 0 Å². The zero-order chi connectivity index (χ0) is 19.0. The molecule has 0 aliphatic carbocycles. The molecule has 138 valence electrons. The number of anilines is 1. The van der Waals surface area contributed by atoms with Crippen molar-refractivity contribution in [3.8, 4) is 0 Å². The molecule has 0 atom stereocenters. The molecule has 2 aromatic rings. The Morgan fingerprint density at radius 3 is 2.65 bits per heavy atom. The topological polar surface area (TPSA) is 75.4 Å². The van der Waals surface area contributed by atoms with Crippen molar-refractivity contribution in [3.05, 3.63) is 49.8 Å². The summed E-state index contributed by atoms with van der Waals surface area (Å²) in [6.45, 7) is 5.88. The van der Waals surface area contributed by atoms with E-state index in [1.54, 1.807) is 12.1 Å². The quantitative estimate of drug-likeness (QED) is 0.792. The minimum absolute atomic E-state index is 0.253. The third kappa shape index (κ3) is 3.74. The van der Waals surface area contributed by atoms with Crippen molar-refractivity contribution < 1.29 is 9.59 Å². The molecule has 0 saturated heterocycles. The molecule has 1 aliphatic rings. The summed E-state index contributed by atoms with van der Waals surface area (Å²) in [6, 6.07) is 5.07. The summed E-state index contributed by atoms with van der Waals surface area (Å²) in [5.41, 5.74) is 7.24. The number of carbonyl (C=O) groups excluding carboxylic acids is 2. The van der Waals surface area contributed by atoms with Crippen LogP contribution in [0.4, 0.5) is 5.00 Å². The number of nitrogens with zero attached hydrogens (tertiary/aromatic N) is 1. The number of hydrogen-bond acceptors (Lipinski definition) is 4. The maximum atomic E-state index is 12.6. The molecule has 26 heavy (non-hydrogen) atoms. The summed E-state index contributed by atoms with van der Waals surface area (Å²) in [7, 11) is 0. The van der Waals surface area contributed by atoms with Gasteiger partial charge in [-0.25, -0.2) is 0 Å². The molecule has 0 saturated carbocycles. The first-order valence-electron chi connectivity index (χ1n) is 8.22. The molecule has 3 N–H and O–H groups in total. The van der Waals surface area contributed by atoms with Gasteiger partial charge in [-0.15, -0.1) is 11.3 Å². The SMILES string of the molecule is CC(C)N1CCc2c(sc(NC(=O)c3ccc(Cl)cc3Cl)c2C(N)=O)C1. The van der Waals surface area contributed by atoms with Crippen molar-refractivity contribution in [3.63, 3.8) is 0 Å². The Morgan fingerprint density at radius 1 is 1.31 bits per heavy atom. The van der Waals surface area contributed by atoms with Gasteiger partial charge in [-0.3, -0.25) is 14.5 Å². The number of thiophene rings is 1. The largest absolute Gasteiger partial charge is 0.365 e. The second-order valence-corrected chi connectivity index (χ2v) is 8.41. The van der Waals surface area contributed by atoms with Gasteiger partial charge in [0.05, 0.1) is 16.1 Å². The van der Waals surface area contributed by atoms with Gasteiger partial charge in [-0.1, -0.05) is 23.2 Å². The van der Waals surface area contributed by atoms with E-state index in [0.717, 1.165) is 30.0 Å². The Hall–Kier alpha value is -1.60. The first-order valence-corrected chi connectivity index (χ1v) is 9.80. The molecule has 0 bridgehead atoms. The zero-order valence-electron chi connectivity index (χ0n) is 14.4. The number of nitrogens with two attached hydrogens (primary N) is 1. The van der Waals surface area contributed by atoms with Crippen LogP contribution in [0.1, 0.15) is 45.0 Å². The van der Waals surface area contributed by atoms with Gasteiger partial charge >= 0.3 is 0 Å². The normalized spacial score (nSPS) is 14.3. The highest BCUT2D eigenvalue weighted by Gasteiger charge is 2.28. The highest BCUT2D eigenvalue weighted by molar-refractivity contribution is 7.17. The second-order valence-electron chi connectivity index (χ2n) is 6.46. The summed E-state index contributed by atoms with van der Waals surface area (Å²) in [5, 5.41) is 3.98. The van der Waals surface area contributed by atoms with Crippen LogP contribution in [0.5, 0.6) is 0 Å². The predicted molar refractivity (Wildman–Crippen MR) is 107 cm³/mol. The summed E-state index contributed by atoms with van der Waals surface area (Å²) in [4.78, 5) is 28.0. The van der Waals surface area contributed by atoms with Crippen LogP contribution in [0.15, 0.2) is 18.2 Å². The summed E-state index contributed by atoms with van der Waals surface area (Å²) >= 11 is 13.4. The highest BCUT2D eigenvalue weighted by atomic mass is 35.5. The van der Waals surface area contributed by atoms with Crippen molar-refractivity contribution >= 4 is 51.4 Å². The Kier molecular flexibility index (Phi) is 5.58. The van der Waals surface area contributed by atoms with E-state index in [-0.39, 0.29) is 5.02 Å². The summed E-state index contributed by atoms with van der Waals surface area (Å²) in [5.74, 6) is -0.925. The zero-order valence-corrected chi connectivity index (χ0v) is 16.8. The molecule has 0 radical (unpaired) electrons. The average molecular weight is 412 g/mol. The van der Waals surface area contributed by atoms with Crippen LogP contribution in [0.25, 0.3) is 0 Å². The maximum absolute atomic E-state index is 12.6. The summed E-state index contributed by atoms with van der Waals surface area (Å²) in [6.07, 6.45) is 0.736. The van der Waals surface area contributed by atoms with Crippen molar-refractivity contribution in [1.82, 2.24) is 4.90 Å². The lowest BCUT2D eigenvalue weighted by atomic mass is 10.0. The fourth-order valence-corrected chi connectivity index (χ4v) is 4.82. The highest BCUT2D eigenvalue weighted by Crippen LogP contribution is 2.37. The molecule has 8 heteroatoms. The second kappa shape index (κ2) is 7.56. The molecule has 0 spiro atoms. The minimum Gasteiger partial charge on any atom is -0.365 e. The van der Waals surface area contributed by atoms with Gasteiger partial charge in [-0.05, 0) is 44.0 Å². The number of fused-ring (bicyclic) bond motifs is 1. The van der Waals surface area contributed by atoms with Gasteiger partial charge in [0.15, 0.2) is 0 Å². The number of benzene rings is 1. The van der Waals surface area contributed by atoms with Crippen LogP contribution in [-0.4, -0.2) is 29.3 Å². The number of rotatable bonds is 4. The molecule has 1 aliphatic heterocycles. The Balaban J connectivity index is 1.93. The molecule has 2 amide bonds. The lowest BCUT2D eigenvalue weighted by Crippen LogP contribution is -2.35. The number of hydrogen-bond donors (Lipinski definition) is 2. The maximum Gasteiger partial charge on any atom is 0.257 e. The van der Waals surface area contributed by atoms with Gasteiger partial charge in [-0.2, -0.15) is 0 Å². The van der Waals surface area contributed by atoms with Crippen molar-refractivity contribution in [2.24, 2.45) is 5.73 Å². The van der Waals surface area contributed by atoms with Crippen molar-refractivity contribution in [2.75, 3.05) is 11.9 Å². The average Bonchev–Trinajstić information content (AvgIpc) is 2.91. The van der Waals surface area contributed by atoms with Crippen molar-refractivity contribution in [2.45, 2.75) is 32.9 Å². The number of amides is 2. The van der Waals surface area contributed by atoms with Crippen LogP contribution < -0.4 is 11.1 Å². The predicted octanol–water partition coefficient (Wildman–Crippen LogP) is 4.17. The lowest BCUT2D eigenvalue weighted by Gasteiger charge is -2.30. The molecular weight excluding hydrogens is 393 g/mol. The first kappa shape index (κ1) is 19.2. The third-order valence-corrected chi connectivity index (χ3v) is 6.15. The van der Waals surface area contributed by atoms with E-state index < -0.39 is 11.8 Å². The van der Waals surface area contributed by atoms with Crippen LogP contribution in [0.2, 0.25) is 10.0 Å². The van der Waals surface area contributed by atoms with Crippen LogP contribution in [-0.2, 0) is 13.0 Å².